The molecule has 9 nitrogen and oxygen atoms in total. The van der Waals surface area contributed by atoms with Gasteiger partial charge in [-0.1, -0.05) is 49.4 Å². The van der Waals surface area contributed by atoms with Crippen LogP contribution in [0.5, 0.6) is 0 Å². The second kappa shape index (κ2) is 11.3. The van der Waals surface area contributed by atoms with Gasteiger partial charge in [0.25, 0.3) is 0 Å². The van der Waals surface area contributed by atoms with Gasteiger partial charge in [-0.15, -0.1) is 5.10 Å². The highest BCUT2D eigenvalue weighted by molar-refractivity contribution is 7.95. The van der Waals surface area contributed by atoms with E-state index in [1.54, 1.807) is 10.9 Å². The largest absolute Gasteiger partial charge is 0.350 e. The van der Waals surface area contributed by atoms with Crippen LogP contribution in [0.4, 0.5) is 8.78 Å². The number of aromatic nitrogens is 3. The Kier molecular flexibility index (Phi) is 7.75. The predicted octanol–water partition coefficient (Wildman–Crippen LogP) is 5.49. The zero-order chi connectivity index (χ0) is 31.4. The second-order valence-corrected chi connectivity index (χ2v) is 14.5. The smallest absolute Gasteiger partial charge is 0.248 e. The summed E-state index contributed by atoms with van der Waals surface area (Å²) in [5, 5.41) is 8.40. The average molecular weight is 622 g/mol. The number of rotatable bonds is 7. The number of benzene rings is 1. The number of aliphatic imine (C=N–C) groups is 3. The number of allylic oxidation sites excluding steroid dienone is 2. The number of fused-ring (bicyclic) bond motifs is 2. The van der Waals surface area contributed by atoms with Gasteiger partial charge in [-0.2, -0.15) is 0 Å². The SMILES string of the molecule is Cc1nnn(C)c1C1=CC2C(=C3C(=NCC(C)C)N=CC(S(C)(=O)=O)=C3N2C(c2ccccc2)C2CCC(F)(F)CC2)N=C1. The number of alkyl halides is 2. The molecule has 2 aromatic rings. The molecule has 232 valence electrons. The summed E-state index contributed by atoms with van der Waals surface area (Å²) >= 11 is 0. The Morgan fingerprint density at radius 2 is 1.80 bits per heavy atom. The van der Waals surface area contributed by atoms with Crippen LogP contribution in [0, 0.1) is 18.8 Å². The van der Waals surface area contributed by atoms with E-state index in [4.69, 9.17) is 9.98 Å². The van der Waals surface area contributed by atoms with Gasteiger partial charge in [0.1, 0.15) is 4.91 Å². The van der Waals surface area contributed by atoms with Gasteiger partial charge < -0.3 is 4.90 Å². The Morgan fingerprint density at radius 1 is 1.09 bits per heavy atom. The predicted molar refractivity (Wildman–Crippen MR) is 168 cm³/mol. The molecule has 1 saturated carbocycles. The Bertz CT molecular complexity index is 1740. The minimum atomic E-state index is -3.76. The van der Waals surface area contributed by atoms with Gasteiger partial charge in [0.15, 0.2) is 15.7 Å². The quantitative estimate of drug-likeness (QED) is 0.407. The molecule has 2 atom stereocenters. The lowest BCUT2D eigenvalue weighted by Crippen LogP contribution is -2.41. The van der Waals surface area contributed by atoms with Crippen molar-refractivity contribution in [3.8, 4) is 0 Å². The molecule has 0 amide bonds. The molecule has 1 aromatic carbocycles. The first-order chi connectivity index (χ1) is 20.9. The van der Waals surface area contributed by atoms with Crippen molar-refractivity contribution in [2.45, 2.75) is 64.5 Å². The highest BCUT2D eigenvalue weighted by Gasteiger charge is 2.49. The highest BCUT2D eigenvalue weighted by atomic mass is 32.2. The first-order valence-electron chi connectivity index (χ1n) is 15.0. The molecule has 0 radical (unpaired) electrons. The number of aryl methyl sites for hydroxylation is 2. The fraction of sp³-hybridized carbons (Fsp3) is 0.469. The minimum Gasteiger partial charge on any atom is -0.350 e. The molecule has 0 bridgehead atoms. The fourth-order valence-corrected chi connectivity index (χ4v) is 7.50. The number of sulfone groups is 1. The van der Waals surface area contributed by atoms with Crippen molar-refractivity contribution >= 4 is 33.7 Å². The lowest BCUT2D eigenvalue weighted by Gasteiger charge is -2.44. The molecule has 2 unspecified atom stereocenters. The van der Waals surface area contributed by atoms with Gasteiger partial charge in [-0.05, 0) is 43.2 Å². The van der Waals surface area contributed by atoms with Crippen LogP contribution < -0.4 is 0 Å². The summed E-state index contributed by atoms with van der Waals surface area (Å²) in [6.45, 7) is 6.49. The Labute approximate surface area is 256 Å². The van der Waals surface area contributed by atoms with Crippen molar-refractivity contribution in [3.63, 3.8) is 0 Å². The molecule has 0 saturated heterocycles. The zero-order valence-electron chi connectivity index (χ0n) is 25.6. The van der Waals surface area contributed by atoms with Crippen molar-refractivity contribution < 1.29 is 17.2 Å². The molecular formula is C32H37F2N7O2S. The number of nitrogens with zero attached hydrogens (tertiary/aromatic N) is 7. The maximum atomic E-state index is 14.5. The van der Waals surface area contributed by atoms with Crippen LogP contribution in [-0.2, 0) is 16.9 Å². The van der Waals surface area contributed by atoms with Gasteiger partial charge >= 0.3 is 0 Å². The van der Waals surface area contributed by atoms with Gasteiger partial charge in [0, 0.05) is 44.5 Å². The number of dihydropyridines is 2. The Balaban J connectivity index is 1.62. The van der Waals surface area contributed by atoms with E-state index in [2.05, 4.69) is 40.1 Å². The maximum Gasteiger partial charge on any atom is 0.248 e. The van der Waals surface area contributed by atoms with Crippen LogP contribution in [0.1, 0.15) is 62.5 Å². The summed E-state index contributed by atoms with van der Waals surface area (Å²) in [6, 6.07) is 8.84. The third-order valence-corrected chi connectivity index (χ3v) is 9.79. The van der Waals surface area contributed by atoms with Crippen molar-refractivity contribution in [2.24, 2.45) is 33.9 Å². The molecule has 4 aliphatic rings. The first-order valence-corrected chi connectivity index (χ1v) is 16.9. The summed E-state index contributed by atoms with van der Waals surface area (Å²) in [5.41, 5.74) is 4.93. The molecule has 0 N–H and O–H groups in total. The van der Waals surface area contributed by atoms with Crippen molar-refractivity contribution in [1.29, 1.82) is 0 Å². The minimum absolute atomic E-state index is 0.0727. The first kappa shape index (κ1) is 30.2. The number of halogens is 2. The molecule has 12 heteroatoms. The van der Waals surface area contributed by atoms with E-state index in [1.807, 2.05) is 44.3 Å². The van der Waals surface area contributed by atoms with Crippen molar-refractivity contribution in [3.05, 3.63) is 75.2 Å². The molecule has 3 aliphatic heterocycles. The third kappa shape index (κ3) is 5.48. The van der Waals surface area contributed by atoms with Crippen LogP contribution in [-0.4, -0.2) is 71.3 Å². The van der Waals surface area contributed by atoms with E-state index in [9.17, 15) is 17.2 Å². The van der Waals surface area contributed by atoms with Gasteiger partial charge in [0.05, 0.1) is 46.7 Å². The molecule has 1 aliphatic carbocycles. The fourth-order valence-electron chi connectivity index (χ4n) is 6.69. The average Bonchev–Trinajstić information content (AvgIpc) is 3.48. The summed E-state index contributed by atoms with van der Waals surface area (Å²) in [6.07, 6.45) is 6.54. The van der Waals surface area contributed by atoms with Crippen molar-refractivity contribution in [1.82, 2.24) is 19.9 Å². The van der Waals surface area contributed by atoms with Gasteiger partial charge in [-0.3, -0.25) is 9.98 Å². The normalized spacial score (nSPS) is 23.5. The van der Waals surface area contributed by atoms with Crippen LogP contribution >= 0.6 is 0 Å². The van der Waals surface area contributed by atoms with Crippen LogP contribution in [0.3, 0.4) is 0 Å². The summed E-state index contributed by atoms with van der Waals surface area (Å²) in [4.78, 5) is 16.5. The molecular weight excluding hydrogens is 584 g/mol. The van der Waals surface area contributed by atoms with Crippen LogP contribution in [0.2, 0.25) is 0 Å². The molecule has 44 heavy (non-hydrogen) atoms. The zero-order valence-corrected chi connectivity index (χ0v) is 26.4. The van der Waals surface area contributed by atoms with Gasteiger partial charge in [-0.25, -0.2) is 26.9 Å². The van der Waals surface area contributed by atoms with Crippen LogP contribution in [0.15, 0.2) is 73.3 Å². The topological polar surface area (TPSA) is 105 Å². The van der Waals surface area contributed by atoms with E-state index in [0.29, 0.717) is 42.2 Å². The monoisotopic (exact) mass is 621 g/mol. The van der Waals surface area contributed by atoms with E-state index >= 15 is 0 Å². The maximum absolute atomic E-state index is 14.5. The second-order valence-electron chi connectivity index (χ2n) is 12.5. The summed E-state index contributed by atoms with van der Waals surface area (Å²) in [5.74, 6) is -2.20. The van der Waals surface area contributed by atoms with Crippen LogP contribution in [0.25, 0.3) is 5.57 Å². The van der Waals surface area contributed by atoms with E-state index < -0.39 is 27.8 Å². The number of hydrogen-bond acceptors (Lipinski definition) is 7. The number of amidine groups is 1. The molecule has 4 heterocycles. The van der Waals surface area contributed by atoms with E-state index in [-0.39, 0.29) is 29.6 Å². The lowest BCUT2D eigenvalue weighted by molar-refractivity contribution is -0.0553. The third-order valence-electron chi connectivity index (χ3n) is 8.70. The number of hydrogen-bond donors (Lipinski definition) is 0. The highest BCUT2D eigenvalue weighted by Crippen LogP contribution is 2.52. The Morgan fingerprint density at radius 3 is 2.41 bits per heavy atom. The molecule has 6 rings (SSSR count). The van der Waals surface area contributed by atoms with Crippen molar-refractivity contribution in [2.75, 3.05) is 12.8 Å². The standard InChI is InChI=1S/C32H37F2N7O2S/c1-19(2)16-36-31-26-27-24(15-23(17-35-27)28-20(3)38-39-40(28)4)41(30(26)25(18-37-31)44(5,42)43)29(21-9-7-6-8-10-21)22-11-13-32(33,34)14-12-22/h6-10,15,17-19,22,24,29H,11-14,16H2,1-5H3. The molecule has 1 aromatic heterocycles. The molecule has 1 fully saturated rings. The summed E-state index contributed by atoms with van der Waals surface area (Å²) < 4.78 is 57.4. The lowest BCUT2D eigenvalue weighted by atomic mass is 9.78. The molecule has 0 spiro atoms. The van der Waals surface area contributed by atoms with E-state index in [0.717, 1.165) is 22.5 Å². The Hall–Kier alpha value is -3.80. The van der Waals surface area contributed by atoms with Gasteiger partial charge in [0.2, 0.25) is 5.92 Å². The summed E-state index contributed by atoms with van der Waals surface area (Å²) in [7, 11) is -1.95. The van der Waals surface area contributed by atoms with E-state index in [1.165, 1.54) is 12.5 Å².